The van der Waals surface area contributed by atoms with Crippen molar-refractivity contribution in [3.63, 3.8) is 0 Å². The third kappa shape index (κ3) is 5.39. The van der Waals surface area contributed by atoms with E-state index in [4.69, 9.17) is 26.2 Å². The molecular formula is C20H21ClN2O4. The van der Waals surface area contributed by atoms with Crippen molar-refractivity contribution < 1.29 is 19.4 Å². The van der Waals surface area contributed by atoms with Gasteiger partial charge in [0.15, 0.2) is 0 Å². The summed E-state index contributed by atoms with van der Waals surface area (Å²) in [5, 5.41) is 15.7. The van der Waals surface area contributed by atoms with Crippen LogP contribution in [0.5, 0.6) is 0 Å². The van der Waals surface area contributed by atoms with E-state index in [-0.39, 0.29) is 6.29 Å². The number of anilines is 1. The standard InChI is InChI=1S/C11H11ClO2.C9H10N2O2/c1-8-7-13-11(14-8)6-9-2-4-10(12)5-3-9;12-9(13)6-1-2-8-7(3-6)4-10-5-11-8/h2-5,7,11H,6H2,1H3;1-3,10-11H,4-5H2,(H,12,13). The molecular weight excluding hydrogens is 368 g/mol. The Kier molecular flexibility index (Phi) is 6.21. The zero-order chi connectivity index (χ0) is 19.2. The molecule has 1 unspecified atom stereocenters. The van der Waals surface area contributed by atoms with Crippen LogP contribution in [0.3, 0.4) is 0 Å². The van der Waals surface area contributed by atoms with Crippen molar-refractivity contribution >= 4 is 23.3 Å². The Labute approximate surface area is 162 Å². The molecule has 3 N–H and O–H groups in total. The molecule has 0 amide bonds. The number of carboxylic acids is 1. The van der Waals surface area contributed by atoms with Gasteiger partial charge < -0.3 is 19.9 Å². The lowest BCUT2D eigenvalue weighted by atomic mass is 10.1. The first-order chi connectivity index (χ1) is 13.0. The van der Waals surface area contributed by atoms with E-state index in [1.165, 1.54) is 0 Å². The Morgan fingerprint density at radius 3 is 2.70 bits per heavy atom. The number of halogens is 1. The molecule has 0 bridgehead atoms. The molecule has 2 aromatic rings. The van der Waals surface area contributed by atoms with Gasteiger partial charge in [0.2, 0.25) is 6.29 Å². The number of carbonyl (C=O) groups is 1. The van der Waals surface area contributed by atoms with Gasteiger partial charge in [-0.2, -0.15) is 0 Å². The summed E-state index contributed by atoms with van der Waals surface area (Å²) >= 11 is 5.78. The van der Waals surface area contributed by atoms with E-state index in [1.54, 1.807) is 24.5 Å². The molecule has 6 nitrogen and oxygen atoms in total. The van der Waals surface area contributed by atoms with Crippen molar-refractivity contribution in [2.45, 2.75) is 26.2 Å². The van der Waals surface area contributed by atoms with Crippen molar-refractivity contribution in [2.24, 2.45) is 0 Å². The second-order valence-electron chi connectivity index (χ2n) is 6.20. The number of rotatable bonds is 3. The summed E-state index contributed by atoms with van der Waals surface area (Å²) in [5.41, 5.74) is 3.52. The summed E-state index contributed by atoms with van der Waals surface area (Å²) in [5.74, 6) is -0.0580. The van der Waals surface area contributed by atoms with Crippen molar-refractivity contribution in [1.29, 1.82) is 0 Å². The maximum Gasteiger partial charge on any atom is 0.335 e. The van der Waals surface area contributed by atoms with Crippen LogP contribution in [0.2, 0.25) is 5.02 Å². The number of ether oxygens (including phenoxy) is 2. The summed E-state index contributed by atoms with van der Waals surface area (Å²) in [6.07, 6.45) is 2.20. The smallest absolute Gasteiger partial charge is 0.335 e. The molecule has 0 radical (unpaired) electrons. The van der Waals surface area contributed by atoms with Gasteiger partial charge in [-0.15, -0.1) is 0 Å². The summed E-state index contributed by atoms with van der Waals surface area (Å²) in [6, 6.07) is 12.8. The molecule has 1 atom stereocenters. The SMILES string of the molecule is CC1=COC(Cc2ccc(Cl)cc2)O1.O=C(O)c1ccc2c(c1)CNCN2. The fourth-order valence-corrected chi connectivity index (χ4v) is 2.86. The molecule has 4 rings (SSSR count). The second kappa shape index (κ2) is 8.79. The van der Waals surface area contributed by atoms with Gasteiger partial charge in [-0.05, 0) is 48.4 Å². The van der Waals surface area contributed by atoms with Gasteiger partial charge in [-0.1, -0.05) is 23.7 Å². The van der Waals surface area contributed by atoms with Gasteiger partial charge in [-0.25, -0.2) is 4.79 Å². The first-order valence-electron chi connectivity index (χ1n) is 8.55. The third-order valence-electron chi connectivity index (χ3n) is 4.09. The summed E-state index contributed by atoms with van der Waals surface area (Å²) in [6.45, 7) is 3.34. The van der Waals surface area contributed by atoms with Gasteiger partial charge in [-0.3, -0.25) is 5.32 Å². The summed E-state index contributed by atoms with van der Waals surface area (Å²) < 4.78 is 10.7. The van der Waals surface area contributed by atoms with E-state index >= 15 is 0 Å². The molecule has 0 aromatic heterocycles. The van der Waals surface area contributed by atoms with Gasteiger partial charge in [0.25, 0.3) is 0 Å². The number of allylic oxidation sites excluding steroid dienone is 1. The Balaban J connectivity index is 0.000000156. The number of fused-ring (bicyclic) bond motifs is 1. The fourth-order valence-electron chi connectivity index (χ4n) is 2.74. The Hall–Kier alpha value is -2.70. The van der Waals surface area contributed by atoms with Gasteiger partial charge in [0, 0.05) is 23.7 Å². The largest absolute Gasteiger partial charge is 0.478 e. The van der Waals surface area contributed by atoms with Gasteiger partial charge >= 0.3 is 5.97 Å². The normalized spacial score (nSPS) is 17.3. The van der Waals surface area contributed by atoms with Crippen molar-refractivity contribution in [3.8, 4) is 0 Å². The molecule has 0 saturated carbocycles. The highest BCUT2D eigenvalue weighted by atomic mass is 35.5. The number of hydrogen-bond donors (Lipinski definition) is 3. The highest BCUT2D eigenvalue weighted by Crippen LogP contribution is 2.20. The highest BCUT2D eigenvalue weighted by molar-refractivity contribution is 6.30. The Morgan fingerprint density at radius 1 is 1.26 bits per heavy atom. The van der Waals surface area contributed by atoms with Crippen LogP contribution in [0.25, 0.3) is 0 Å². The van der Waals surface area contributed by atoms with E-state index in [9.17, 15) is 4.79 Å². The second-order valence-corrected chi connectivity index (χ2v) is 6.64. The van der Waals surface area contributed by atoms with Crippen LogP contribution in [0.15, 0.2) is 54.5 Å². The third-order valence-corrected chi connectivity index (χ3v) is 4.34. The molecule has 2 aliphatic heterocycles. The van der Waals surface area contributed by atoms with Crippen LogP contribution < -0.4 is 10.6 Å². The molecule has 0 spiro atoms. The quantitative estimate of drug-likeness (QED) is 0.738. The van der Waals surface area contributed by atoms with Crippen LogP contribution in [-0.2, 0) is 22.4 Å². The molecule has 2 heterocycles. The average molecular weight is 389 g/mol. The van der Waals surface area contributed by atoms with Crippen LogP contribution in [0, 0.1) is 0 Å². The first-order valence-corrected chi connectivity index (χ1v) is 8.93. The van der Waals surface area contributed by atoms with E-state index in [0.29, 0.717) is 5.56 Å². The fraction of sp³-hybridized carbons (Fsp3) is 0.250. The molecule has 142 valence electrons. The number of aromatic carboxylic acids is 1. The monoisotopic (exact) mass is 388 g/mol. The minimum Gasteiger partial charge on any atom is -0.478 e. The molecule has 27 heavy (non-hydrogen) atoms. The van der Waals surface area contributed by atoms with E-state index in [1.807, 2.05) is 31.2 Å². The maximum absolute atomic E-state index is 10.6. The maximum atomic E-state index is 10.6. The summed E-state index contributed by atoms with van der Waals surface area (Å²) in [4.78, 5) is 10.6. The molecule has 7 heteroatoms. The first kappa shape index (κ1) is 19.1. The summed E-state index contributed by atoms with van der Waals surface area (Å²) in [7, 11) is 0. The number of nitrogens with one attached hydrogen (secondary N) is 2. The number of hydrogen-bond acceptors (Lipinski definition) is 5. The Morgan fingerprint density at radius 2 is 2.04 bits per heavy atom. The lowest BCUT2D eigenvalue weighted by molar-refractivity contribution is -0.0292. The predicted octanol–water partition coefficient (Wildman–Crippen LogP) is 3.97. The van der Waals surface area contributed by atoms with Crippen molar-refractivity contribution in [1.82, 2.24) is 5.32 Å². The van der Waals surface area contributed by atoms with Gasteiger partial charge in [0.1, 0.15) is 12.0 Å². The topological polar surface area (TPSA) is 79.8 Å². The Bertz CT molecular complexity index is 836. The average Bonchev–Trinajstić information content (AvgIpc) is 3.08. The zero-order valence-electron chi connectivity index (χ0n) is 14.9. The predicted molar refractivity (Wildman–Crippen MR) is 104 cm³/mol. The molecule has 2 aromatic carbocycles. The molecule has 0 fully saturated rings. The zero-order valence-corrected chi connectivity index (χ0v) is 15.6. The molecule has 2 aliphatic rings. The molecule has 0 aliphatic carbocycles. The lowest BCUT2D eigenvalue weighted by Crippen LogP contribution is -2.27. The highest BCUT2D eigenvalue weighted by Gasteiger charge is 2.16. The van der Waals surface area contributed by atoms with Crippen LogP contribution >= 0.6 is 11.6 Å². The van der Waals surface area contributed by atoms with Crippen molar-refractivity contribution in [3.05, 3.63) is 76.2 Å². The number of carboxylic acid groups (broad SMARTS) is 1. The van der Waals surface area contributed by atoms with E-state index in [2.05, 4.69) is 10.6 Å². The minimum atomic E-state index is -0.881. The minimum absolute atomic E-state index is 0.184. The van der Waals surface area contributed by atoms with Gasteiger partial charge in [0.05, 0.1) is 12.2 Å². The molecule has 0 saturated heterocycles. The van der Waals surface area contributed by atoms with Crippen LogP contribution in [0.4, 0.5) is 5.69 Å². The number of benzene rings is 2. The van der Waals surface area contributed by atoms with Crippen LogP contribution in [0.1, 0.15) is 28.4 Å². The van der Waals surface area contributed by atoms with E-state index in [0.717, 1.165) is 47.2 Å². The lowest BCUT2D eigenvalue weighted by Gasteiger charge is -2.19. The van der Waals surface area contributed by atoms with Crippen LogP contribution in [-0.4, -0.2) is 24.0 Å². The van der Waals surface area contributed by atoms with Crippen molar-refractivity contribution in [2.75, 3.05) is 12.0 Å². The van der Waals surface area contributed by atoms with E-state index < -0.39 is 5.97 Å².